The summed E-state index contributed by atoms with van der Waals surface area (Å²) in [6, 6.07) is 3.36. The first-order valence-electron chi connectivity index (χ1n) is 6.67. The van der Waals surface area contributed by atoms with Gasteiger partial charge in [-0.3, -0.25) is 14.9 Å². The van der Waals surface area contributed by atoms with Gasteiger partial charge in [0, 0.05) is 5.69 Å². The summed E-state index contributed by atoms with van der Waals surface area (Å²) < 4.78 is 37.6. The number of hydrogen-bond donors (Lipinski definition) is 3. The van der Waals surface area contributed by atoms with E-state index in [4.69, 9.17) is 5.11 Å². The molecule has 0 aliphatic heterocycles. The number of halogens is 3. The first-order valence-corrected chi connectivity index (χ1v) is 6.67. The first-order chi connectivity index (χ1) is 10.2. The van der Waals surface area contributed by atoms with Crippen LogP contribution >= 0.6 is 0 Å². The predicted octanol–water partition coefficient (Wildman–Crippen LogP) is 2.49. The minimum atomic E-state index is -4.49. The van der Waals surface area contributed by atoms with E-state index in [1.165, 1.54) is 12.1 Å². The molecule has 5 nitrogen and oxygen atoms in total. The van der Waals surface area contributed by atoms with Crippen LogP contribution in [0.2, 0.25) is 0 Å². The molecule has 3 N–H and O–H groups in total. The normalized spacial score (nSPS) is 12.7. The Labute approximate surface area is 125 Å². The summed E-state index contributed by atoms with van der Waals surface area (Å²) in [7, 11) is 0. The number of benzene rings is 1. The van der Waals surface area contributed by atoms with Crippen molar-refractivity contribution < 1.29 is 27.9 Å². The van der Waals surface area contributed by atoms with Crippen LogP contribution in [0.15, 0.2) is 24.3 Å². The van der Waals surface area contributed by atoms with Crippen molar-refractivity contribution in [3.63, 3.8) is 0 Å². The van der Waals surface area contributed by atoms with E-state index in [0.717, 1.165) is 12.1 Å². The highest BCUT2D eigenvalue weighted by atomic mass is 19.4. The average molecular weight is 318 g/mol. The van der Waals surface area contributed by atoms with Crippen LogP contribution < -0.4 is 10.6 Å². The molecule has 1 unspecified atom stereocenters. The number of nitrogens with one attached hydrogen (secondary N) is 2. The first kappa shape index (κ1) is 18.0. The van der Waals surface area contributed by atoms with Crippen molar-refractivity contribution in [1.29, 1.82) is 0 Å². The fourth-order valence-corrected chi connectivity index (χ4v) is 1.80. The molecule has 122 valence electrons. The molecule has 0 heterocycles. The van der Waals surface area contributed by atoms with Crippen molar-refractivity contribution in [3.8, 4) is 0 Å². The van der Waals surface area contributed by atoms with E-state index in [2.05, 4.69) is 10.6 Å². The highest BCUT2D eigenvalue weighted by molar-refractivity contribution is 5.92. The van der Waals surface area contributed by atoms with E-state index in [0.29, 0.717) is 12.8 Å². The van der Waals surface area contributed by atoms with Crippen molar-refractivity contribution in [2.24, 2.45) is 0 Å². The number of anilines is 1. The number of aliphatic carboxylic acids is 1. The van der Waals surface area contributed by atoms with Gasteiger partial charge in [0.1, 0.15) is 6.04 Å². The minimum Gasteiger partial charge on any atom is -0.480 e. The molecule has 22 heavy (non-hydrogen) atoms. The number of alkyl halides is 3. The van der Waals surface area contributed by atoms with Gasteiger partial charge < -0.3 is 10.4 Å². The third-order valence-electron chi connectivity index (χ3n) is 2.86. The topological polar surface area (TPSA) is 78.4 Å². The fourth-order valence-electron chi connectivity index (χ4n) is 1.80. The van der Waals surface area contributed by atoms with Gasteiger partial charge in [-0.15, -0.1) is 0 Å². The SMILES string of the molecule is CCCC(NCC(=O)Nc1cccc(C(F)(F)F)c1)C(=O)O. The number of carbonyl (C=O) groups excluding carboxylic acids is 1. The quantitative estimate of drug-likeness (QED) is 0.722. The Morgan fingerprint density at radius 3 is 2.55 bits per heavy atom. The smallest absolute Gasteiger partial charge is 0.416 e. The van der Waals surface area contributed by atoms with Crippen molar-refractivity contribution in [3.05, 3.63) is 29.8 Å². The molecule has 0 spiro atoms. The zero-order valence-electron chi connectivity index (χ0n) is 11.9. The zero-order chi connectivity index (χ0) is 16.8. The lowest BCUT2D eigenvalue weighted by molar-refractivity contribution is -0.140. The number of carboxylic acids is 1. The van der Waals surface area contributed by atoms with Crippen LogP contribution in [-0.4, -0.2) is 29.6 Å². The molecule has 0 fully saturated rings. The molecular weight excluding hydrogens is 301 g/mol. The Bertz CT molecular complexity index is 532. The predicted molar refractivity (Wildman–Crippen MR) is 74.4 cm³/mol. The number of rotatable bonds is 7. The van der Waals surface area contributed by atoms with Crippen LogP contribution in [0.1, 0.15) is 25.3 Å². The van der Waals surface area contributed by atoms with Crippen LogP contribution in [-0.2, 0) is 15.8 Å². The van der Waals surface area contributed by atoms with Gasteiger partial charge in [0.2, 0.25) is 5.91 Å². The van der Waals surface area contributed by atoms with Gasteiger partial charge in [0.05, 0.1) is 12.1 Å². The summed E-state index contributed by atoms with van der Waals surface area (Å²) in [5.41, 5.74) is -0.864. The second kappa shape index (κ2) is 7.79. The lowest BCUT2D eigenvalue weighted by Gasteiger charge is -2.14. The third kappa shape index (κ3) is 5.72. The maximum Gasteiger partial charge on any atom is 0.416 e. The van der Waals surface area contributed by atoms with Gasteiger partial charge in [0.15, 0.2) is 0 Å². The van der Waals surface area contributed by atoms with Crippen LogP contribution in [0.25, 0.3) is 0 Å². The van der Waals surface area contributed by atoms with Crippen LogP contribution in [0.4, 0.5) is 18.9 Å². The van der Waals surface area contributed by atoms with Gasteiger partial charge in [0.25, 0.3) is 0 Å². The maximum absolute atomic E-state index is 12.5. The molecule has 0 saturated carbocycles. The van der Waals surface area contributed by atoms with Crippen LogP contribution in [0.3, 0.4) is 0 Å². The summed E-state index contributed by atoms with van der Waals surface area (Å²) in [5.74, 6) is -1.68. The Balaban J connectivity index is 2.60. The summed E-state index contributed by atoms with van der Waals surface area (Å²) >= 11 is 0. The molecule has 0 aliphatic carbocycles. The summed E-state index contributed by atoms with van der Waals surface area (Å²) in [5, 5.41) is 13.8. The van der Waals surface area contributed by atoms with E-state index in [1.807, 2.05) is 0 Å². The zero-order valence-corrected chi connectivity index (χ0v) is 11.9. The van der Waals surface area contributed by atoms with Gasteiger partial charge >= 0.3 is 12.1 Å². The average Bonchev–Trinajstić information content (AvgIpc) is 2.42. The van der Waals surface area contributed by atoms with Crippen molar-refractivity contribution in [2.75, 3.05) is 11.9 Å². The standard InChI is InChI=1S/C14H17F3N2O3/c1-2-4-11(13(21)22)18-8-12(20)19-10-6-3-5-9(7-10)14(15,16)17/h3,5-7,11,18H,2,4,8H2,1H3,(H,19,20)(H,21,22). The van der Waals surface area contributed by atoms with E-state index >= 15 is 0 Å². The van der Waals surface area contributed by atoms with Crippen LogP contribution in [0.5, 0.6) is 0 Å². The second-order valence-corrected chi connectivity index (χ2v) is 4.69. The molecule has 8 heteroatoms. The lowest BCUT2D eigenvalue weighted by atomic mass is 10.1. The highest BCUT2D eigenvalue weighted by Gasteiger charge is 2.30. The Morgan fingerprint density at radius 2 is 2.00 bits per heavy atom. The molecule has 1 rings (SSSR count). The highest BCUT2D eigenvalue weighted by Crippen LogP contribution is 2.30. The molecule has 1 atom stereocenters. The molecule has 1 aromatic carbocycles. The van der Waals surface area contributed by atoms with Gasteiger partial charge in [-0.25, -0.2) is 0 Å². The number of carbonyl (C=O) groups is 2. The van der Waals surface area contributed by atoms with Gasteiger partial charge in [-0.05, 0) is 24.6 Å². The Kier molecular flexibility index (Phi) is 6.36. The molecule has 0 saturated heterocycles. The summed E-state index contributed by atoms with van der Waals surface area (Å²) in [6.45, 7) is 1.51. The third-order valence-corrected chi connectivity index (χ3v) is 2.86. The second-order valence-electron chi connectivity index (χ2n) is 4.69. The largest absolute Gasteiger partial charge is 0.480 e. The Morgan fingerprint density at radius 1 is 1.32 bits per heavy atom. The monoisotopic (exact) mass is 318 g/mol. The number of hydrogen-bond acceptors (Lipinski definition) is 3. The summed E-state index contributed by atoms with van der Waals surface area (Å²) in [4.78, 5) is 22.6. The summed E-state index contributed by atoms with van der Waals surface area (Å²) in [6.07, 6.45) is -3.51. The number of carboxylic acid groups (broad SMARTS) is 1. The molecule has 0 bridgehead atoms. The fraction of sp³-hybridized carbons (Fsp3) is 0.429. The molecule has 0 aliphatic rings. The van der Waals surface area contributed by atoms with Crippen molar-refractivity contribution in [1.82, 2.24) is 5.32 Å². The maximum atomic E-state index is 12.5. The van der Waals surface area contributed by atoms with Crippen molar-refractivity contribution >= 4 is 17.6 Å². The van der Waals surface area contributed by atoms with E-state index in [9.17, 15) is 22.8 Å². The van der Waals surface area contributed by atoms with E-state index in [1.54, 1.807) is 6.92 Å². The van der Waals surface area contributed by atoms with Gasteiger partial charge in [-0.2, -0.15) is 13.2 Å². The van der Waals surface area contributed by atoms with Crippen LogP contribution in [0, 0.1) is 0 Å². The Hall–Kier alpha value is -2.09. The lowest BCUT2D eigenvalue weighted by Crippen LogP contribution is -2.41. The molecule has 1 amide bonds. The van der Waals surface area contributed by atoms with E-state index < -0.39 is 29.7 Å². The number of amides is 1. The minimum absolute atomic E-state index is 0.00370. The molecule has 1 aromatic rings. The van der Waals surface area contributed by atoms with Gasteiger partial charge in [-0.1, -0.05) is 19.4 Å². The molecule has 0 aromatic heterocycles. The molecule has 0 radical (unpaired) electrons. The van der Waals surface area contributed by atoms with E-state index in [-0.39, 0.29) is 12.2 Å². The van der Waals surface area contributed by atoms with Crippen molar-refractivity contribution in [2.45, 2.75) is 32.0 Å². The molecular formula is C14H17F3N2O3.